The van der Waals surface area contributed by atoms with Crippen LogP contribution in [-0.2, 0) is 0 Å². The molecular formula is C18H23N3S. The Kier molecular flexibility index (Phi) is 4.60. The van der Waals surface area contributed by atoms with Gasteiger partial charge in [0.15, 0.2) is 0 Å². The smallest absolute Gasteiger partial charge is 0.102 e. The van der Waals surface area contributed by atoms with E-state index < -0.39 is 0 Å². The quantitative estimate of drug-likeness (QED) is 0.844. The van der Waals surface area contributed by atoms with Crippen LogP contribution in [0, 0.1) is 6.92 Å². The molecule has 0 spiro atoms. The van der Waals surface area contributed by atoms with Gasteiger partial charge in [-0.15, -0.1) is 11.3 Å². The molecular weight excluding hydrogens is 290 g/mol. The molecule has 0 amide bonds. The van der Waals surface area contributed by atoms with Gasteiger partial charge in [0.25, 0.3) is 0 Å². The zero-order chi connectivity index (χ0) is 15.5. The molecule has 0 aliphatic carbocycles. The van der Waals surface area contributed by atoms with Gasteiger partial charge in [0.1, 0.15) is 5.00 Å². The first-order valence-corrected chi connectivity index (χ1v) is 8.72. The summed E-state index contributed by atoms with van der Waals surface area (Å²) in [6.07, 6.45) is 2.16. The fourth-order valence-electron chi connectivity index (χ4n) is 2.69. The average molecular weight is 313 g/mol. The summed E-state index contributed by atoms with van der Waals surface area (Å²) in [5.41, 5.74) is 4.63. The summed E-state index contributed by atoms with van der Waals surface area (Å²) >= 11 is 1.81. The number of rotatable bonds is 5. The standard InChI is InChI=1S/C18H23N3S/c1-4-21(3)11-7-10-15-14-12-13(2)22-18(14)20-17-9-6-5-8-16(17)19-15/h5-6,8-9,12,20H,4,7,10-11H2,1-3H3. The third-order valence-corrected chi connectivity index (χ3v) is 5.03. The number of nitrogens with zero attached hydrogens (tertiary/aromatic N) is 2. The molecule has 0 bridgehead atoms. The number of aryl methyl sites for hydroxylation is 1. The van der Waals surface area contributed by atoms with Crippen molar-refractivity contribution in [3.63, 3.8) is 0 Å². The van der Waals surface area contributed by atoms with Crippen molar-refractivity contribution < 1.29 is 0 Å². The molecule has 1 N–H and O–H groups in total. The Hall–Kier alpha value is -1.65. The molecule has 0 radical (unpaired) electrons. The second-order valence-electron chi connectivity index (χ2n) is 5.80. The van der Waals surface area contributed by atoms with Gasteiger partial charge < -0.3 is 10.2 Å². The van der Waals surface area contributed by atoms with Crippen LogP contribution in [0.25, 0.3) is 0 Å². The predicted octanol–water partition coefficient (Wildman–Crippen LogP) is 4.97. The molecule has 0 atom stereocenters. The van der Waals surface area contributed by atoms with Gasteiger partial charge in [0, 0.05) is 10.4 Å². The number of hydrogen-bond donors (Lipinski definition) is 1. The normalized spacial score (nSPS) is 13.2. The molecule has 0 saturated carbocycles. The van der Waals surface area contributed by atoms with Gasteiger partial charge in [-0.25, -0.2) is 0 Å². The molecule has 1 aliphatic heterocycles. The molecule has 2 heterocycles. The fourth-order valence-corrected chi connectivity index (χ4v) is 3.64. The first-order valence-electron chi connectivity index (χ1n) is 7.90. The van der Waals surface area contributed by atoms with Gasteiger partial charge in [-0.3, -0.25) is 4.99 Å². The van der Waals surface area contributed by atoms with Gasteiger partial charge in [0.05, 0.1) is 17.1 Å². The minimum Gasteiger partial charge on any atom is -0.345 e. The van der Waals surface area contributed by atoms with Crippen LogP contribution in [0.5, 0.6) is 0 Å². The lowest BCUT2D eigenvalue weighted by Gasteiger charge is -2.13. The van der Waals surface area contributed by atoms with Crippen molar-refractivity contribution in [1.82, 2.24) is 4.90 Å². The summed E-state index contributed by atoms with van der Waals surface area (Å²) in [5.74, 6) is 0. The highest BCUT2D eigenvalue weighted by Gasteiger charge is 2.18. The summed E-state index contributed by atoms with van der Waals surface area (Å²) in [6.45, 7) is 6.57. The second kappa shape index (κ2) is 6.63. The summed E-state index contributed by atoms with van der Waals surface area (Å²) in [6, 6.07) is 10.6. The molecule has 3 nitrogen and oxygen atoms in total. The minimum absolute atomic E-state index is 1.02. The van der Waals surface area contributed by atoms with Crippen LogP contribution >= 0.6 is 11.3 Å². The van der Waals surface area contributed by atoms with Gasteiger partial charge in [0.2, 0.25) is 0 Å². The van der Waals surface area contributed by atoms with E-state index in [1.807, 2.05) is 11.3 Å². The highest BCUT2D eigenvalue weighted by molar-refractivity contribution is 7.16. The van der Waals surface area contributed by atoms with Gasteiger partial charge in [-0.05, 0) is 58.1 Å². The van der Waals surface area contributed by atoms with Crippen molar-refractivity contribution in [1.29, 1.82) is 0 Å². The SMILES string of the molecule is CCN(C)CCCC1=Nc2ccccc2Nc2sc(C)cc21. The Balaban J connectivity index is 1.89. The molecule has 4 heteroatoms. The molecule has 1 aromatic heterocycles. The zero-order valence-electron chi connectivity index (χ0n) is 13.5. The third kappa shape index (κ3) is 3.23. The maximum atomic E-state index is 4.96. The van der Waals surface area contributed by atoms with E-state index in [2.05, 4.69) is 61.4 Å². The molecule has 1 aromatic carbocycles. The lowest BCUT2D eigenvalue weighted by Crippen LogP contribution is -2.19. The van der Waals surface area contributed by atoms with Crippen LogP contribution in [0.4, 0.5) is 16.4 Å². The van der Waals surface area contributed by atoms with Crippen LogP contribution < -0.4 is 5.32 Å². The molecule has 22 heavy (non-hydrogen) atoms. The van der Waals surface area contributed by atoms with E-state index in [0.717, 1.165) is 37.3 Å². The van der Waals surface area contributed by atoms with Crippen LogP contribution in [0.3, 0.4) is 0 Å². The summed E-state index contributed by atoms with van der Waals surface area (Å²) in [4.78, 5) is 8.64. The topological polar surface area (TPSA) is 27.6 Å². The Morgan fingerprint density at radius 2 is 2.09 bits per heavy atom. The van der Waals surface area contributed by atoms with E-state index >= 15 is 0 Å². The molecule has 0 fully saturated rings. The molecule has 0 saturated heterocycles. The number of aliphatic imine (C=N–C) groups is 1. The maximum absolute atomic E-state index is 4.96. The number of thiophene rings is 1. The van der Waals surface area contributed by atoms with Crippen LogP contribution in [-0.4, -0.2) is 30.7 Å². The highest BCUT2D eigenvalue weighted by atomic mass is 32.1. The molecule has 3 rings (SSSR count). The number of fused-ring (bicyclic) bond motifs is 2. The van der Waals surface area contributed by atoms with Crippen LogP contribution in [0.2, 0.25) is 0 Å². The monoisotopic (exact) mass is 313 g/mol. The van der Waals surface area contributed by atoms with Crippen molar-refractivity contribution in [2.45, 2.75) is 26.7 Å². The molecule has 116 valence electrons. The van der Waals surface area contributed by atoms with E-state index in [1.165, 1.54) is 21.2 Å². The predicted molar refractivity (Wildman–Crippen MR) is 97.4 cm³/mol. The number of anilines is 2. The summed E-state index contributed by atoms with van der Waals surface area (Å²) in [7, 11) is 2.17. The zero-order valence-corrected chi connectivity index (χ0v) is 14.3. The number of hydrogen-bond acceptors (Lipinski definition) is 4. The largest absolute Gasteiger partial charge is 0.345 e. The first-order chi connectivity index (χ1) is 10.7. The maximum Gasteiger partial charge on any atom is 0.102 e. The molecule has 2 aromatic rings. The Morgan fingerprint density at radius 3 is 2.91 bits per heavy atom. The van der Waals surface area contributed by atoms with Crippen molar-refractivity contribution in [3.8, 4) is 0 Å². The van der Waals surface area contributed by atoms with Crippen LogP contribution in [0.1, 0.15) is 30.2 Å². The minimum atomic E-state index is 1.02. The molecule has 1 aliphatic rings. The van der Waals surface area contributed by atoms with E-state index in [9.17, 15) is 0 Å². The van der Waals surface area contributed by atoms with Gasteiger partial charge in [-0.2, -0.15) is 0 Å². The average Bonchev–Trinajstić information content (AvgIpc) is 2.81. The van der Waals surface area contributed by atoms with E-state index in [-0.39, 0.29) is 0 Å². The Morgan fingerprint density at radius 1 is 1.27 bits per heavy atom. The van der Waals surface area contributed by atoms with Crippen LogP contribution in [0.15, 0.2) is 35.3 Å². The first kappa shape index (κ1) is 15.3. The number of nitrogens with one attached hydrogen (secondary N) is 1. The van der Waals surface area contributed by atoms with Crippen molar-refractivity contribution in [2.75, 3.05) is 25.5 Å². The van der Waals surface area contributed by atoms with E-state index in [1.54, 1.807) is 0 Å². The van der Waals surface area contributed by atoms with Gasteiger partial charge in [-0.1, -0.05) is 19.1 Å². The second-order valence-corrected chi connectivity index (χ2v) is 7.06. The van der Waals surface area contributed by atoms with E-state index in [0.29, 0.717) is 0 Å². The van der Waals surface area contributed by atoms with Crippen molar-refractivity contribution >= 4 is 33.4 Å². The lowest BCUT2D eigenvalue weighted by molar-refractivity contribution is 0.350. The Labute approximate surface area is 136 Å². The van der Waals surface area contributed by atoms with Crippen molar-refractivity contribution in [3.05, 3.63) is 40.8 Å². The molecule has 0 unspecified atom stereocenters. The lowest BCUT2D eigenvalue weighted by atomic mass is 10.1. The Bertz CT molecular complexity index is 687. The third-order valence-electron chi connectivity index (χ3n) is 4.07. The summed E-state index contributed by atoms with van der Waals surface area (Å²) < 4.78 is 0. The van der Waals surface area contributed by atoms with E-state index in [4.69, 9.17) is 4.99 Å². The van der Waals surface area contributed by atoms with Crippen molar-refractivity contribution in [2.24, 2.45) is 4.99 Å². The number of benzene rings is 1. The fraction of sp³-hybridized carbons (Fsp3) is 0.389. The summed E-state index contributed by atoms with van der Waals surface area (Å²) in [5, 5.41) is 4.78. The highest BCUT2D eigenvalue weighted by Crippen LogP contribution is 2.39. The van der Waals surface area contributed by atoms with Gasteiger partial charge >= 0.3 is 0 Å². The number of para-hydroxylation sites is 2.